The molecule has 0 spiro atoms. The van der Waals surface area contributed by atoms with E-state index in [1.807, 2.05) is 0 Å². The van der Waals surface area contributed by atoms with E-state index in [4.69, 9.17) is 4.74 Å². The quantitative estimate of drug-likeness (QED) is 0.393. The molecule has 0 aliphatic heterocycles. The Kier molecular flexibility index (Phi) is 8.85. The molecule has 27 heavy (non-hydrogen) atoms. The van der Waals surface area contributed by atoms with E-state index in [1.165, 1.54) is 44.8 Å². The summed E-state index contributed by atoms with van der Waals surface area (Å²) in [6, 6.07) is 6.78. The van der Waals surface area contributed by atoms with Crippen molar-refractivity contribution in [3.05, 3.63) is 24.3 Å². The second-order valence-electron chi connectivity index (χ2n) is 9.42. The molecule has 0 fully saturated rings. The van der Waals surface area contributed by atoms with Gasteiger partial charge in [0.05, 0.1) is 4.90 Å². The first-order valence-electron chi connectivity index (χ1n) is 10.4. The van der Waals surface area contributed by atoms with E-state index >= 15 is 0 Å². The van der Waals surface area contributed by atoms with Gasteiger partial charge in [0.1, 0.15) is 11.4 Å². The third-order valence-corrected chi connectivity index (χ3v) is 6.49. The molecule has 0 aliphatic rings. The third kappa shape index (κ3) is 8.25. The fraction of sp³-hybridized carbons (Fsp3) is 0.739. The second kappa shape index (κ2) is 9.95. The monoisotopic (exact) mass is 396 g/mol. The molecule has 1 rings (SSSR count). The average molecular weight is 397 g/mol. The van der Waals surface area contributed by atoms with Crippen molar-refractivity contribution in [2.45, 2.75) is 97.0 Å². The lowest BCUT2D eigenvalue weighted by molar-refractivity contribution is -0.0168. The van der Waals surface area contributed by atoms with Gasteiger partial charge < -0.3 is 4.74 Å². The summed E-state index contributed by atoms with van der Waals surface area (Å²) < 4.78 is 29.6. The Hall–Kier alpha value is -1.03. The Labute approximate surface area is 167 Å². The van der Waals surface area contributed by atoms with Crippen molar-refractivity contribution in [3.63, 3.8) is 0 Å². The van der Waals surface area contributed by atoms with Gasteiger partial charge in [0, 0.05) is 12.2 Å². The summed E-state index contributed by atoms with van der Waals surface area (Å²) in [5, 5.41) is 0. The van der Waals surface area contributed by atoms with E-state index in [0.29, 0.717) is 10.8 Å². The molecule has 1 aromatic rings. The van der Waals surface area contributed by atoms with Gasteiger partial charge in [-0.2, -0.15) is 0 Å². The van der Waals surface area contributed by atoms with Crippen molar-refractivity contribution in [1.82, 2.24) is 0 Å². The minimum atomic E-state index is -3.18. The molecule has 1 atom stereocenters. The molecule has 0 saturated heterocycles. The molecule has 1 unspecified atom stereocenters. The van der Waals surface area contributed by atoms with Crippen molar-refractivity contribution < 1.29 is 13.2 Å². The van der Waals surface area contributed by atoms with Crippen molar-refractivity contribution in [2.24, 2.45) is 11.3 Å². The maximum absolute atomic E-state index is 11.6. The lowest BCUT2D eigenvalue weighted by Gasteiger charge is -2.43. The van der Waals surface area contributed by atoms with Gasteiger partial charge >= 0.3 is 0 Å². The van der Waals surface area contributed by atoms with Crippen LogP contribution >= 0.6 is 0 Å². The molecule has 0 aliphatic carbocycles. The summed E-state index contributed by atoms with van der Waals surface area (Å²) in [6.07, 6.45) is 10.1. The molecule has 156 valence electrons. The normalized spacial score (nSPS) is 14.2. The summed E-state index contributed by atoms with van der Waals surface area (Å²) in [4.78, 5) is 0.326. The molecule has 4 heteroatoms. The minimum absolute atomic E-state index is 0.139. The Balaban J connectivity index is 2.78. The minimum Gasteiger partial charge on any atom is -0.488 e. The summed E-state index contributed by atoms with van der Waals surface area (Å²) in [7, 11) is -3.18. The van der Waals surface area contributed by atoms with Crippen LogP contribution in [-0.4, -0.2) is 20.3 Å². The van der Waals surface area contributed by atoms with Crippen LogP contribution in [0.1, 0.15) is 86.5 Å². The van der Waals surface area contributed by atoms with Gasteiger partial charge in [0.25, 0.3) is 0 Å². The highest BCUT2D eigenvalue weighted by Gasteiger charge is 2.39. The third-order valence-electron chi connectivity index (χ3n) is 5.36. The topological polar surface area (TPSA) is 43.4 Å². The maximum Gasteiger partial charge on any atom is 0.175 e. The van der Waals surface area contributed by atoms with Crippen LogP contribution in [-0.2, 0) is 9.84 Å². The van der Waals surface area contributed by atoms with Gasteiger partial charge in [-0.25, -0.2) is 8.42 Å². The van der Waals surface area contributed by atoms with Gasteiger partial charge in [-0.15, -0.1) is 0 Å². The fourth-order valence-corrected chi connectivity index (χ4v) is 4.71. The van der Waals surface area contributed by atoms with Crippen LogP contribution in [0.25, 0.3) is 0 Å². The predicted molar refractivity (Wildman–Crippen MR) is 115 cm³/mol. The van der Waals surface area contributed by atoms with Crippen LogP contribution in [0.3, 0.4) is 0 Å². The molecule has 0 saturated carbocycles. The van der Waals surface area contributed by atoms with Gasteiger partial charge in [0.2, 0.25) is 0 Å². The van der Waals surface area contributed by atoms with Crippen LogP contribution in [0, 0.1) is 11.3 Å². The van der Waals surface area contributed by atoms with Crippen LogP contribution in [0.15, 0.2) is 29.2 Å². The highest BCUT2D eigenvalue weighted by molar-refractivity contribution is 7.90. The van der Waals surface area contributed by atoms with Gasteiger partial charge in [-0.1, -0.05) is 66.2 Å². The number of hydrogen-bond acceptors (Lipinski definition) is 3. The molecule has 0 amide bonds. The maximum atomic E-state index is 11.6. The van der Waals surface area contributed by atoms with Crippen LogP contribution in [0.4, 0.5) is 0 Å². The van der Waals surface area contributed by atoms with E-state index in [9.17, 15) is 8.42 Å². The Bertz CT molecular complexity index is 652. The average Bonchev–Trinajstić information content (AvgIpc) is 2.51. The fourth-order valence-electron chi connectivity index (χ4n) is 4.08. The van der Waals surface area contributed by atoms with Crippen molar-refractivity contribution in [3.8, 4) is 5.75 Å². The molecular formula is C23H40O3S. The van der Waals surface area contributed by atoms with E-state index in [1.54, 1.807) is 24.3 Å². The smallest absolute Gasteiger partial charge is 0.175 e. The Morgan fingerprint density at radius 3 is 1.89 bits per heavy atom. The lowest BCUT2D eigenvalue weighted by Crippen LogP contribution is -2.44. The van der Waals surface area contributed by atoms with Crippen molar-refractivity contribution >= 4 is 9.84 Å². The standard InChI is InChI=1S/C23H40O3S/c1-8-9-10-11-12-13-14-21(22(2,3)4)23(5,6)26-19-15-17-20(18-16-19)27(7,24)25/h15-18,21H,8-14H2,1-7H3. The van der Waals surface area contributed by atoms with Gasteiger partial charge in [-0.3, -0.25) is 0 Å². The molecule has 3 nitrogen and oxygen atoms in total. The van der Waals surface area contributed by atoms with E-state index in [-0.39, 0.29) is 11.0 Å². The summed E-state index contributed by atoms with van der Waals surface area (Å²) in [6.45, 7) is 13.4. The Morgan fingerprint density at radius 2 is 1.41 bits per heavy atom. The number of rotatable bonds is 11. The first-order valence-corrected chi connectivity index (χ1v) is 12.3. The van der Waals surface area contributed by atoms with Crippen LogP contribution in [0.5, 0.6) is 5.75 Å². The number of sulfone groups is 1. The highest BCUT2D eigenvalue weighted by Crippen LogP contribution is 2.41. The van der Waals surface area contributed by atoms with E-state index in [2.05, 4.69) is 41.5 Å². The predicted octanol–water partition coefficient (Wildman–Crippen LogP) is 6.66. The molecular weight excluding hydrogens is 356 g/mol. The van der Waals surface area contributed by atoms with Gasteiger partial charge in [-0.05, 0) is 49.9 Å². The molecule has 0 bridgehead atoms. The number of unbranched alkanes of at least 4 members (excludes halogenated alkanes) is 5. The van der Waals surface area contributed by atoms with E-state index in [0.717, 1.165) is 12.2 Å². The molecule has 1 aromatic carbocycles. The van der Waals surface area contributed by atoms with Crippen molar-refractivity contribution in [1.29, 1.82) is 0 Å². The zero-order chi connectivity index (χ0) is 20.7. The summed E-state index contributed by atoms with van der Waals surface area (Å²) in [5.41, 5.74) is -0.187. The highest BCUT2D eigenvalue weighted by atomic mass is 32.2. The zero-order valence-electron chi connectivity index (χ0n) is 18.5. The zero-order valence-corrected chi connectivity index (χ0v) is 19.3. The first kappa shape index (κ1) is 24.0. The number of benzene rings is 1. The molecule has 0 radical (unpaired) electrons. The summed E-state index contributed by atoms with van der Waals surface area (Å²) >= 11 is 0. The lowest BCUT2D eigenvalue weighted by atomic mass is 9.69. The second-order valence-corrected chi connectivity index (χ2v) is 11.4. The molecule has 0 heterocycles. The van der Waals surface area contributed by atoms with Crippen LogP contribution < -0.4 is 4.74 Å². The summed E-state index contributed by atoms with van der Waals surface area (Å²) in [5.74, 6) is 1.13. The van der Waals surface area contributed by atoms with Crippen molar-refractivity contribution in [2.75, 3.05) is 6.26 Å². The SMILES string of the molecule is CCCCCCCCC(C(C)(C)C)C(C)(C)Oc1ccc(S(C)(=O)=O)cc1. The number of ether oxygens (including phenoxy) is 1. The number of hydrogen-bond donors (Lipinski definition) is 0. The van der Waals surface area contributed by atoms with Crippen LogP contribution in [0.2, 0.25) is 0 Å². The first-order chi connectivity index (χ1) is 12.4. The largest absolute Gasteiger partial charge is 0.488 e. The van der Waals surface area contributed by atoms with Gasteiger partial charge in [0.15, 0.2) is 9.84 Å². The molecule has 0 aromatic heterocycles. The molecule has 0 N–H and O–H groups in total. The van der Waals surface area contributed by atoms with E-state index < -0.39 is 9.84 Å². The Morgan fingerprint density at radius 1 is 0.889 bits per heavy atom.